The fourth-order valence-corrected chi connectivity index (χ4v) is 12.3. The first-order valence-corrected chi connectivity index (χ1v) is 37.9. The molecule has 2 unspecified atom stereocenters. The molecule has 6 nitrogen and oxygen atoms in total. The SMILES string of the molecule is CCCCCCCCCCCCCCCCCCCCCCCCCC(O)C(CO)NC(=O)CCCCCCCCCCCC/C=C\CCCCCCCCCCCCCCOC(=O)CCCCCCCCCCCCCCCCCC. The van der Waals surface area contributed by atoms with Gasteiger partial charge in [0.25, 0.3) is 0 Å². The lowest BCUT2D eigenvalue weighted by Crippen LogP contribution is -2.45. The van der Waals surface area contributed by atoms with E-state index in [2.05, 4.69) is 31.3 Å². The fraction of sp³-hybridized carbons (Fsp3) is 0.947. The number of hydrogen-bond acceptors (Lipinski definition) is 5. The topological polar surface area (TPSA) is 95.9 Å². The zero-order valence-electron chi connectivity index (χ0n) is 56.0. The van der Waals surface area contributed by atoms with E-state index in [1.165, 1.54) is 366 Å². The maximum atomic E-state index is 12.6. The second-order valence-corrected chi connectivity index (χ2v) is 26.3. The third-order valence-corrected chi connectivity index (χ3v) is 18.1. The van der Waals surface area contributed by atoms with Crippen LogP contribution in [0.1, 0.15) is 438 Å². The van der Waals surface area contributed by atoms with Crippen molar-refractivity contribution in [2.45, 2.75) is 450 Å². The molecule has 6 heteroatoms. The minimum Gasteiger partial charge on any atom is -0.466 e. The number of aliphatic hydroxyl groups is 2. The van der Waals surface area contributed by atoms with E-state index in [0.717, 1.165) is 38.5 Å². The van der Waals surface area contributed by atoms with Gasteiger partial charge in [-0.1, -0.05) is 386 Å². The number of esters is 1. The number of carbonyl (C=O) groups is 2. The first-order chi connectivity index (χ1) is 40.5. The minimum atomic E-state index is -0.666. The average molecular weight is 1160 g/mol. The van der Waals surface area contributed by atoms with E-state index in [1.807, 2.05) is 0 Å². The van der Waals surface area contributed by atoms with Gasteiger partial charge in [0.15, 0.2) is 0 Å². The highest BCUT2D eigenvalue weighted by molar-refractivity contribution is 5.76. The molecule has 488 valence electrons. The van der Waals surface area contributed by atoms with Gasteiger partial charge in [-0.05, 0) is 51.4 Å². The molecule has 0 heterocycles. The Morgan fingerprint density at radius 1 is 0.329 bits per heavy atom. The standard InChI is InChI=1S/C76H149NO5/c1-3-5-7-9-11-13-15-17-19-21-22-23-28-31-34-37-40-44-48-52-56-60-64-68-74(79)73(72-78)77-75(80)69-65-61-57-53-49-45-41-38-35-32-29-26-24-25-27-30-33-36-39-43-47-51-55-59-63-67-71-82-76(81)70-66-62-58-54-50-46-42-20-18-16-14-12-10-8-6-4-2/h24,26,73-74,78-79H,3-23,25,27-72H2,1-2H3,(H,77,80)/b26-24-. The number of ether oxygens (including phenoxy) is 1. The van der Waals surface area contributed by atoms with E-state index in [1.54, 1.807) is 0 Å². The lowest BCUT2D eigenvalue weighted by Gasteiger charge is -2.22. The zero-order chi connectivity index (χ0) is 59.2. The molecule has 0 saturated carbocycles. The van der Waals surface area contributed by atoms with E-state index < -0.39 is 12.1 Å². The minimum absolute atomic E-state index is 0.0192. The summed E-state index contributed by atoms with van der Waals surface area (Å²) in [5.41, 5.74) is 0. The van der Waals surface area contributed by atoms with Crippen LogP contribution >= 0.6 is 0 Å². The lowest BCUT2D eigenvalue weighted by molar-refractivity contribution is -0.143. The molecule has 0 saturated heterocycles. The number of hydrogen-bond donors (Lipinski definition) is 3. The molecule has 0 fully saturated rings. The Kier molecular flexibility index (Phi) is 70.8. The number of unbranched alkanes of at least 4 members (excludes halogenated alkanes) is 59. The van der Waals surface area contributed by atoms with Crippen molar-refractivity contribution in [1.29, 1.82) is 0 Å². The molecule has 2 atom stereocenters. The van der Waals surface area contributed by atoms with E-state index >= 15 is 0 Å². The number of carbonyl (C=O) groups excluding carboxylic acids is 2. The van der Waals surface area contributed by atoms with Gasteiger partial charge in [0, 0.05) is 12.8 Å². The first-order valence-electron chi connectivity index (χ1n) is 37.9. The highest BCUT2D eigenvalue weighted by Crippen LogP contribution is 2.20. The van der Waals surface area contributed by atoms with E-state index in [9.17, 15) is 19.8 Å². The molecule has 0 rings (SSSR count). The normalized spacial score (nSPS) is 12.5. The third kappa shape index (κ3) is 67.7. The third-order valence-electron chi connectivity index (χ3n) is 18.1. The summed E-state index contributed by atoms with van der Waals surface area (Å²) in [4.78, 5) is 24.7. The molecule has 0 aliphatic carbocycles. The number of allylic oxidation sites excluding steroid dienone is 2. The number of amides is 1. The summed E-state index contributed by atoms with van der Waals surface area (Å²) >= 11 is 0. The smallest absolute Gasteiger partial charge is 0.305 e. The van der Waals surface area contributed by atoms with Gasteiger partial charge in [-0.3, -0.25) is 9.59 Å². The summed E-state index contributed by atoms with van der Waals surface area (Å²) in [6.45, 7) is 5.01. The van der Waals surface area contributed by atoms with Crippen molar-refractivity contribution in [2.24, 2.45) is 0 Å². The highest BCUT2D eigenvalue weighted by Gasteiger charge is 2.20. The van der Waals surface area contributed by atoms with Crippen molar-refractivity contribution >= 4 is 11.9 Å². The van der Waals surface area contributed by atoms with Crippen LogP contribution in [0.15, 0.2) is 12.2 Å². The van der Waals surface area contributed by atoms with Gasteiger partial charge in [-0.2, -0.15) is 0 Å². The molecule has 0 aromatic carbocycles. The molecule has 0 bridgehead atoms. The van der Waals surface area contributed by atoms with E-state index in [4.69, 9.17) is 4.74 Å². The summed E-state index contributed by atoms with van der Waals surface area (Å²) in [7, 11) is 0. The van der Waals surface area contributed by atoms with Gasteiger partial charge in [-0.25, -0.2) is 0 Å². The Bertz CT molecular complexity index is 1240. The Morgan fingerprint density at radius 3 is 0.866 bits per heavy atom. The van der Waals surface area contributed by atoms with Gasteiger partial charge >= 0.3 is 5.97 Å². The van der Waals surface area contributed by atoms with Gasteiger partial charge < -0.3 is 20.3 Å². The van der Waals surface area contributed by atoms with Crippen molar-refractivity contribution < 1.29 is 24.5 Å². The first kappa shape index (κ1) is 80.6. The quantitative estimate of drug-likeness (QED) is 0.0320. The van der Waals surface area contributed by atoms with Crippen LogP contribution in [0.4, 0.5) is 0 Å². The monoisotopic (exact) mass is 1160 g/mol. The molecule has 1 amide bonds. The van der Waals surface area contributed by atoms with Gasteiger partial charge in [0.05, 0.1) is 25.4 Å². The zero-order valence-corrected chi connectivity index (χ0v) is 56.0. The number of nitrogens with one attached hydrogen (secondary N) is 1. The Balaban J connectivity index is 3.37. The summed E-state index contributed by atoms with van der Waals surface area (Å²) in [5.74, 6) is -0.0120. The molecule has 0 aliphatic rings. The molecule has 82 heavy (non-hydrogen) atoms. The Hall–Kier alpha value is -1.40. The van der Waals surface area contributed by atoms with Crippen LogP contribution in [0, 0.1) is 0 Å². The largest absolute Gasteiger partial charge is 0.466 e. The van der Waals surface area contributed by atoms with Crippen LogP contribution in [0.3, 0.4) is 0 Å². The average Bonchev–Trinajstić information content (AvgIpc) is 3.48. The van der Waals surface area contributed by atoms with Gasteiger partial charge in [0.1, 0.15) is 0 Å². The summed E-state index contributed by atoms with van der Waals surface area (Å²) < 4.78 is 5.51. The van der Waals surface area contributed by atoms with E-state index in [0.29, 0.717) is 25.9 Å². The van der Waals surface area contributed by atoms with E-state index in [-0.39, 0.29) is 18.5 Å². The second-order valence-electron chi connectivity index (χ2n) is 26.3. The Morgan fingerprint density at radius 2 is 0.573 bits per heavy atom. The Labute approximate surface area is 514 Å². The molecule has 0 aromatic heterocycles. The predicted octanol–water partition coefficient (Wildman–Crippen LogP) is 24.7. The molecular formula is C76H149NO5. The molecular weight excluding hydrogens is 1010 g/mol. The van der Waals surface area contributed by atoms with Crippen LogP contribution in [0.2, 0.25) is 0 Å². The van der Waals surface area contributed by atoms with Crippen LogP contribution < -0.4 is 5.32 Å². The molecule has 0 aromatic rings. The van der Waals surface area contributed by atoms with Crippen molar-refractivity contribution in [3.05, 3.63) is 12.2 Å². The molecule has 0 spiro atoms. The maximum Gasteiger partial charge on any atom is 0.305 e. The number of rotatable bonds is 72. The summed E-state index contributed by atoms with van der Waals surface area (Å²) in [5, 5.41) is 23.5. The summed E-state index contributed by atoms with van der Waals surface area (Å²) in [6.07, 6.45) is 89.9. The summed E-state index contributed by atoms with van der Waals surface area (Å²) in [6, 6.07) is -0.544. The van der Waals surface area contributed by atoms with Gasteiger partial charge in [0.2, 0.25) is 5.91 Å². The van der Waals surface area contributed by atoms with Crippen molar-refractivity contribution in [1.82, 2.24) is 5.32 Å². The van der Waals surface area contributed by atoms with Crippen LogP contribution in [-0.4, -0.2) is 47.4 Å². The maximum absolute atomic E-state index is 12.6. The lowest BCUT2D eigenvalue weighted by atomic mass is 10.0. The molecule has 0 radical (unpaired) electrons. The molecule has 0 aliphatic heterocycles. The second kappa shape index (κ2) is 72.1. The van der Waals surface area contributed by atoms with Crippen molar-refractivity contribution in [3.8, 4) is 0 Å². The fourth-order valence-electron chi connectivity index (χ4n) is 12.3. The van der Waals surface area contributed by atoms with Crippen molar-refractivity contribution in [3.63, 3.8) is 0 Å². The van der Waals surface area contributed by atoms with Crippen LogP contribution in [-0.2, 0) is 14.3 Å². The van der Waals surface area contributed by atoms with Crippen molar-refractivity contribution in [2.75, 3.05) is 13.2 Å². The van der Waals surface area contributed by atoms with Gasteiger partial charge in [-0.15, -0.1) is 0 Å². The highest BCUT2D eigenvalue weighted by atomic mass is 16.5. The van der Waals surface area contributed by atoms with Crippen LogP contribution in [0.25, 0.3) is 0 Å². The predicted molar refractivity (Wildman–Crippen MR) is 361 cm³/mol. The molecule has 3 N–H and O–H groups in total. The number of aliphatic hydroxyl groups excluding tert-OH is 2. The van der Waals surface area contributed by atoms with Crippen LogP contribution in [0.5, 0.6) is 0 Å².